The van der Waals surface area contributed by atoms with Gasteiger partial charge in [-0.15, -0.1) is 24.3 Å². The third-order valence-electron chi connectivity index (χ3n) is 15.4. The SMILES string of the molecule is Cc1c(C)n(C)c2cc(C(=O)O)ncc12.Cc1c(C)n(C)c2cc(C(=O)O)ncc12.Cc1c(C)n(C)c2ccnc(C(=O)O)c12.Cc1c[c-]c2c(n1)c1ccccc1n1ccnc21.FC(F)(F)c1c[c-]c2c(n1)c1ccccc1n1ccnc21.O=CO[O-].[H-].[Ir].[Ir].[Na+].[Na+]. The number of benzene rings is 2. The molecule has 12 heterocycles. The molecular weight excluding hydrogens is 1570 g/mol. The average molecular weight is 1620 g/mol. The van der Waals surface area contributed by atoms with Crippen LogP contribution in [0.1, 0.15) is 78.1 Å². The number of carboxylic acids is 3. The van der Waals surface area contributed by atoms with E-state index in [1.165, 1.54) is 6.20 Å². The van der Waals surface area contributed by atoms with Crippen molar-refractivity contribution in [2.75, 3.05) is 0 Å². The number of imidazole rings is 2. The molecule has 14 aromatic rings. The van der Waals surface area contributed by atoms with Gasteiger partial charge in [0.1, 0.15) is 11.4 Å². The zero-order valence-electron chi connectivity index (χ0n) is 52.6. The molecule has 0 aliphatic heterocycles. The van der Waals surface area contributed by atoms with Crippen LogP contribution in [0.4, 0.5) is 13.2 Å². The van der Waals surface area contributed by atoms with Crippen LogP contribution in [0, 0.1) is 60.6 Å². The van der Waals surface area contributed by atoms with Crippen molar-refractivity contribution in [1.82, 2.24) is 57.4 Å². The Labute approximate surface area is 595 Å². The fourth-order valence-corrected chi connectivity index (χ4v) is 10.3. The summed E-state index contributed by atoms with van der Waals surface area (Å²) in [7, 11) is 5.78. The Bertz CT molecular complexity index is 4990. The van der Waals surface area contributed by atoms with E-state index in [0.717, 1.165) is 111 Å². The van der Waals surface area contributed by atoms with Crippen LogP contribution in [-0.2, 0) is 77.2 Å². The minimum atomic E-state index is -4.49. The van der Waals surface area contributed by atoms with Gasteiger partial charge in [-0.1, -0.05) is 54.1 Å². The molecule has 0 atom stereocenters. The van der Waals surface area contributed by atoms with Crippen molar-refractivity contribution >= 4 is 112 Å². The van der Waals surface area contributed by atoms with E-state index >= 15 is 0 Å². The van der Waals surface area contributed by atoms with Crippen LogP contribution in [0.15, 0.2) is 122 Å². The number of para-hydroxylation sites is 2. The fourth-order valence-electron chi connectivity index (χ4n) is 10.3. The number of nitrogens with zero attached hydrogens (tertiary/aromatic N) is 12. The third-order valence-corrected chi connectivity index (χ3v) is 15.4. The summed E-state index contributed by atoms with van der Waals surface area (Å²) >= 11 is 0. The first kappa shape index (κ1) is 74.9. The molecule has 468 valence electrons. The maximum Gasteiger partial charge on any atom is 1.00 e. The van der Waals surface area contributed by atoms with Gasteiger partial charge in [0.2, 0.25) is 0 Å². The predicted octanol–water partition coefficient (Wildman–Crippen LogP) is 5.21. The zero-order chi connectivity index (χ0) is 63.6. The van der Waals surface area contributed by atoms with Crippen LogP contribution in [0.5, 0.6) is 0 Å². The second-order valence-electron chi connectivity index (χ2n) is 20.2. The number of hydrogen-bond acceptors (Lipinski definition) is 13. The van der Waals surface area contributed by atoms with Crippen LogP contribution in [-0.4, -0.2) is 97.1 Å². The van der Waals surface area contributed by atoms with E-state index in [4.69, 9.17) is 25.4 Å². The number of fused-ring (bicyclic) bond motifs is 15. The van der Waals surface area contributed by atoms with Gasteiger partial charge < -0.3 is 59.4 Å². The maximum atomic E-state index is 12.9. The number of aromatic nitrogens is 12. The number of aromatic carboxylic acids is 3. The summed E-state index contributed by atoms with van der Waals surface area (Å²) in [5.41, 5.74) is 14.3. The first-order valence-electron chi connectivity index (χ1n) is 26.7. The Morgan fingerprint density at radius 1 is 0.565 bits per heavy atom. The van der Waals surface area contributed by atoms with Gasteiger partial charge in [-0.25, -0.2) is 29.3 Å². The molecule has 14 rings (SSSR count). The first-order chi connectivity index (χ1) is 41.9. The van der Waals surface area contributed by atoms with Crippen molar-refractivity contribution in [3.63, 3.8) is 0 Å². The number of aryl methyl sites for hydroxylation is 7. The number of carbonyl (C=O) groups excluding carboxylic acids is 1. The summed E-state index contributed by atoms with van der Waals surface area (Å²) in [6.07, 6.45) is 7.45. The molecule has 2 radical (unpaired) electrons. The molecule has 0 aliphatic carbocycles. The number of hydrogen-bond donors (Lipinski definition) is 3. The number of rotatable bonds is 4. The Morgan fingerprint density at radius 3 is 1.42 bits per heavy atom. The molecule has 0 spiro atoms. The van der Waals surface area contributed by atoms with Gasteiger partial charge in [0, 0.05) is 149 Å². The van der Waals surface area contributed by atoms with Crippen molar-refractivity contribution < 1.29 is 159 Å². The molecule has 0 amide bonds. The van der Waals surface area contributed by atoms with Crippen molar-refractivity contribution in [1.29, 1.82) is 0 Å². The van der Waals surface area contributed by atoms with Crippen molar-refractivity contribution in [3.05, 3.63) is 197 Å². The number of carbonyl (C=O) groups is 4. The van der Waals surface area contributed by atoms with E-state index < -0.39 is 29.8 Å². The van der Waals surface area contributed by atoms with Gasteiger partial charge in [-0.3, -0.25) is 14.8 Å². The van der Waals surface area contributed by atoms with Gasteiger partial charge in [-0.05, 0) is 116 Å². The molecule has 12 aromatic heterocycles. The van der Waals surface area contributed by atoms with Gasteiger partial charge in [0.05, 0.1) is 33.5 Å². The second-order valence-corrected chi connectivity index (χ2v) is 20.2. The fraction of sp³-hybridized carbons (Fsp3) is 0.172. The maximum absolute atomic E-state index is 12.9. The van der Waals surface area contributed by atoms with E-state index in [0.29, 0.717) is 16.4 Å². The van der Waals surface area contributed by atoms with Crippen LogP contribution >= 0.6 is 0 Å². The zero-order valence-corrected chi connectivity index (χ0v) is 60.4. The third kappa shape index (κ3) is 14.8. The van der Waals surface area contributed by atoms with E-state index in [1.54, 1.807) is 49.1 Å². The molecule has 0 saturated carbocycles. The summed E-state index contributed by atoms with van der Waals surface area (Å²) in [5, 5.41) is 41.1. The number of carboxylic acid groups (broad SMARTS) is 3. The Kier molecular flexibility index (Phi) is 25.4. The molecular formula is C64H55F3Ir2N12Na2O9-2. The molecule has 21 nitrogen and oxygen atoms in total. The molecule has 0 fully saturated rings. The van der Waals surface area contributed by atoms with Gasteiger partial charge in [-0.2, -0.15) is 13.2 Å². The molecule has 3 N–H and O–H groups in total. The van der Waals surface area contributed by atoms with Crippen molar-refractivity contribution in [2.24, 2.45) is 21.1 Å². The summed E-state index contributed by atoms with van der Waals surface area (Å²) in [6, 6.07) is 29.2. The van der Waals surface area contributed by atoms with Gasteiger partial charge >= 0.3 is 83.2 Å². The van der Waals surface area contributed by atoms with Crippen molar-refractivity contribution in [3.8, 4) is 0 Å². The Hall–Kier alpha value is -7.84. The van der Waals surface area contributed by atoms with E-state index in [2.05, 4.69) is 68.4 Å². The van der Waals surface area contributed by atoms with Crippen LogP contribution < -0.4 is 64.4 Å². The number of alkyl halides is 3. The Balaban J connectivity index is 0.000000242. The number of halogens is 3. The summed E-state index contributed by atoms with van der Waals surface area (Å²) in [5.74, 6) is -2.96. The van der Waals surface area contributed by atoms with Crippen LogP contribution in [0.2, 0.25) is 0 Å². The normalized spacial score (nSPS) is 10.7. The topological polar surface area (TPSA) is 275 Å². The van der Waals surface area contributed by atoms with E-state index in [-0.39, 0.29) is 130 Å². The monoisotopic (exact) mass is 1620 g/mol. The minimum Gasteiger partial charge on any atom is -1.00 e. The van der Waals surface area contributed by atoms with E-state index in [1.807, 2.05) is 137 Å². The van der Waals surface area contributed by atoms with Gasteiger partial charge in [0.25, 0.3) is 6.47 Å². The molecule has 0 saturated heterocycles. The van der Waals surface area contributed by atoms with Crippen LogP contribution in [0.3, 0.4) is 0 Å². The number of pyridine rings is 7. The predicted molar refractivity (Wildman–Crippen MR) is 323 cm³/mol. The minimum absolute atomic E-state index is 0. The first-order valence-corrected chi connectivity index (χ1v) is 26.7. The average Bonchev–Trinajstić information content (AvgIpc) is 1.61. The molecule has 28 heteroatoms. The van der Waals surface area contributed by atoms with Crippen LogP contribution in [0.25, 0.3) is 87.6 Å². The molecule has 92 heavy (non-hydrogen) atoms. The Morgan fingerprint density at radius 2 is 0.989 bits per heavy atom. The van der Waals surface area contributed by atoms with Gasteiger partial charge in [0.15, 0.2) is 5.69 Å². The second kappa shape index (κ2) is 31.2. The van der Waals surface area contributed by atoms with Crippen molar-refractivity contribution in [2.45, 2.75) is 54.6 Å². The molecule has 0 aliphatic rings. The molecule has 0 bridgehead atoms. The summed E-state index contributed by atoms with van der Waals surface area (Å²) in [4.78, 5) is 72.6. The molecule has 2 aromatic carbocycles. The summed E-state index contributed by atoms with van der Waals surface area (Å²) < 4.78 is 48.5. The largest absolute Gasteiger partial charge is 1.00 e. The summed E-state index contributed by atoms with van der Waals surface area (Å²) in [6.45, 7) is 13.7. The smallest absolute Gasteiger partial charge is 1.00 e. The quantitative estimate of drug-likeness (QED) is 0.0509. The standard InChI is InChI=1S/C15H7F3N3.C15H10N3.3C11H12N2O2.CH2O3.2Ir.2Na.H/c16-15(17,18)12-6-5-10-13(20-12)9-3-1-2-4-11(9)21-8-7-19-14(10)21;1-10-6-7-12-14(17-10)11-4-2-3-5-13(11)18-9-8-16-15(12)18;2*1-6-7(2)13(3)10-4-9(11(14)15)12-5-8(6)10;1-6-7(2)13(3)8-4-5-12-10(9(6)8)11(14)15;2-1-4-3;;;;;/h1-4,6-8H;2-6,8-9H,1H3;3*4-5H,1-3H3,(H,14,15);1,3H;;;;;/q2*-1;;;;;;;2*+1;-1/p-1. The van der Waals surface area contributed by atoms with E-state index in [9.17, 15) is 27.6 Å². The molecule has 0 unspecified atom stereocenters.